The smallest absolute Gasteiger partial charge is 0.322 e. The van der Waals surface area contributed by atoms with Gasteiger partial charge < -0.3 is 25.0 Å². The zero-order chi connectivity index (χ0) is 21.7. The third kappa shape index (κ3) is 4.47. The van der Waals surface area contributed by atoms with E-state index in [1.54, 1.807) is 0 Å². The molecular formula is C17H23N7O5S. The number of rotatable bonds is 8. The highest BCUT2D eigenvalue weighted by Crippen LogP contribution is 2.33. The maximum Gasteiger partial charge on any atom is 0.322 e. The Hall–Kier alpha value is -2.50. The Bertz CT molecular complexity index is 920. The molecule has 4 atom stereocenters. The highest BCUT2D eigenvalue weighted by atomic mass is 32.2. The fourth-order valence-corrected chi connectivity index (χ4v) is 3.70. The first-order chi connectivity index (χ1) is 14.5. The molecule has 1 saturated heterocycles. The Morgan fingerprint density at radius 2 is 2.23 bits per heavy atom. The number of hydrogen-bond donors (Lipinski definition) is 3. The zero-order valence-corrected chi connectivity index (χ0v) is 17.3. The summed E-state index contributed by atoms with van der Waals surface area (Å²) in [7, 11) is 1.53. The fraction of sp³-hybridized carbons (Fsp3) is 0.588. The molecule has 3 N–H and O–H groups in total. The average molecular weight is 437 g/mol. The predicted octanol–water partition coefficient (Wildman–Crippen LogP) is -0.506. The molecular weight excluding hydrogens is 414 g/mol. The van der Waals surface area contributed by atoms with E-state index < -0.39 is 30.6 Å². The standard InChI is InChI=1S/C17H23N7O5S/c1-23(17(27)19-4-6-28-5-3-18)14-11-15(21-8-20-14)24(9-22-11)16-13(26)12(25)10(29-16)7-30-2/h8-10,12-13,16,25-26H,4-7H2,1-2H3,(H,19,27)/t10-,12-,13-,16-/m1/s1. The molecule has 12 nitrogen and oxygen atoms in total. The molecule has 1 aliphatic rings. The maximum atomic E-state index is 12.4. The number of aliphatic hydroxyl groups is 2. The van der Waals surface area contributed by atoms with Crippen LogP contribution in [0.2, 0.25) is 0 Å². The van der Waals surface area contributed by atoms with E-state index in [0.29, 0.717) is 16.9 Å². The van der Waals surface area contributed by atoms with Crippen LogP contribution in [-0.2, 0) is 9.47 Å². The van der Waals surface area contributed by atoms with Crippen molar-refractivity contribution in [3.05, 3.63) is 12.7 Å². The molecule has 30 heavy (non-hydrogen) atoms. The Balaban J connectivity index is 1.77. The fourth-order valence-electron chi connectivity index (χ4n) is 3.09. The predicted molar refractivity (Wildman–Crippen MR) is 108 cm³/mol. The van der Waals surface area contributed by atoms with Gasteiger partial charge in [-0.3, -0.25) is 9.47 Å². The summed E-state index contributed by atoms with van der Waals surface area (Å²) in [5, 5.41) is 31.8. The molecule has 0 bridgehead atoms. The minimum atomic E-state index is -1.15. The van der Waals surface area contributed by atoms with Gasteiger partial charge in [0.25, 0.3) is 0 Å². The van der Waals surface area contributed by atoms with Crippen LogP contribution in [0, 0.1) is 11.3 Å². The molecule has 13 heteroatoms. The molecule has 0 saturated carbocycles. The molecule has 3 heterocycles. The van der Waals surface area contributed by atoms with E-state index in [-0.39, 0.29) is 25.6 Å². The summed E-state index contributed by atoms with van der Waals surface area (Å²) in [6.45, 7) is 0.388. The highest BCUT2D eigenvalue weighted by Gasteiger charge is 2.44. The van der Waals surface area contributed by atoms with Gasteiger partial charge in [0.2, 0.25) is 0 Å². The minimum absolute atomic E-state index is 0.0444. The van der Waals surface area contributed by atoms with E-state index in [4.69, 9.17) is 14.7 Å². The molecule has 0 radical (unpaired) electrons. The molecule has 0 unspecified atom stereocenters. The van der Waals surface area contributed by atoms with Crippen LogP contribution in [0.5, 0.6) is 0 Å². The van der Waals surface area contributed by atoms with Gasteiger partial charge in [-0.2, -0.15) is 17.0 Å². The van der Waals surface area contributed by atoms with Crippen molar-refractivity contribution in [2.75, 3.05) is 43.7 Å². The Kier molecular flexibility index (Phi) is 7.40. The van der Waals surface area contributed by atoms with E-state index >= 15 is 0 Å². The zero-order valence-electron chi connectivity index (χ0n) is 16.5. The van der Waals surface area contributed by atoms with Gasteiger partial charge in [-0.15, -0.1) is 0 Å². The van der Waals surface area contributed by atoms with Crippen molar-refractivity contribution in [2.24, 2.45) is 0 Å². The van der Waals surface area contributed by atoms with Crippen molar-refractivity contribution in [1.29, 1.82) is 5.26 Å². The van der Waals surface area contributed by atoms with Gasteiger partial charge in [0.1, 0.15) is 25.1 Å². The molecule has 1 fully saturated rings. The molecule has 0 aliphatic carbocycles. The second kappa shape index (κ2) is 10.0. The summed E-state index contributed by atoms with van der Waals surface area (Å²) in [5.74, 6) is 0.797. The summed E-state index contributed by atoms with van der Waals surface area (Å²) in [4.78, 5) is 26.3. The number of aromatic nitrogens is 4. The van der Waals surface area contributed by atoms with Crippen LogP contribution in [0.4, 0.5) is 10.6 Å². The van der Waals surface area contributed by atoms with Gasteiger partial charge >= 0.3 is 6.03 Å². The van der Waals surface area contributed by atoms with E-state index in [1.165, 1.54) is 40.9 Å². The molecule has 2 aromatic rings. The van der Waals surface area contributed by atoms with E-state index in [2.05, 4.69) is 20.3 Å². The quantitative estimate of drug-likeness (QED) is 0.459. The molecule has 2 amide bonds. The van der Waals surface area contributed by atoms with Crippen molar-refractivity contribution in [2.45, 2.75) is 24.5 Å². The van der Waals surface area contributed by atoms with Crippen molar-refractivity contribution < 1.29 is 24.5 Å². The molecule has 2 aromatic heterocycles. The number of aliphatic hydroxyl groups excluding tert-OH is 2. The van der Waals surface area contributed by atoms with Crippen molar-refractivity contribution >= 4 is 34.8 Å². The minimum Gasteiger partial charge on any atom is -0.387 e. The lowest BCUT2D eigenvalue weighted by atomic mass is 10.1. The van der Waals surface area contributed by atoms with Crippen molar-refractivity contribution in [1.82, 2.24) is 24.8 Å². The Labute approximate surface area is 176 Å². The summed E-state index contributed by atoms with van der Waals surface area (Å²) in [5.41, 5.74) is 0.701. The van der Waals surface area contributed by atoms with Gasteiger partial charge in [0, 0.05) is 19.3 Å². The monoisotopic (exact) mass is 437 g/mol. The van der Waals surface area contributed by atoms with Crippen LogP contribution < -0.4 is 10.2 Å². The third-order valence-electron chi connectivity index (χ3n) is 4.59. The lowest BCUT2D eigenvalue weighted by Gasteiger charge is -2.18. The number of hydrogen-bond acceptors (Lipinski definition) is 10. The second-order valence-corrected chi connectivity index (χ2v) is 7.44. The molecule has 1 aliphatic heterocycles. The van der Waals surface area contributed by atoms with Crippen LogP contribution >= 0.6 is 11.8 Å². The number of amides is 2. The number of carbonyl (C=O) groups is 1. The third-order valence-corrected chi connectivity index (χ3v) is 5.26. The highest BCUT2D eigenvalue weighted by molar-refractivity contribution is 7.98. The van der Waals surface area contributed by atoms with Crippen LogP contribution in [0.1, 0.15) is 6.23 Å². The van der Waals surface area contributed by atoms with Gasteiger partial charge in [0.05, 0.1) is 25.1 Å². The first-order valence-electron chi connectivity index (χ1n) is 9.14. The van der Waals surface area contributed by atoms with Gasteiger partial charge in [-0.05, 0) is 6.26 Å². The average Bonchev–Trinajstić information content (AvgIpc) is 3.29. The maximum absolute atomic E-state index is 12.4. The second-order valence-electron chi connectivity index (χ2n) is 6.52. The molecule has 0 spiro atoms. The summed E-state index contributed by atoms with van der Waals surface area (Å²) >= 11 is 1.51. The number of nitrogens with zero attached hydrogens (tertiary/aromatic N) is 6. The summed E-state index contributed by atoms with van der Waals surface area (Å²) in [6.07, 6.45) is 1.06. The molecule has 162 valence electrons. The van der Waals surface area contributed by atoms with E-state index in [9.17, 15) is 15.0 Å². The normalized spacial score (nSPS) is 23.4. The van der Waals surface area contributed by atoms with Crippen LogP contribution in [0.15, 0.2) is 12.7 Å². The largest absolute Gasteiger partial charge is 0.387 e. The number of nitriles is 1. The number of thioether (sulfide) groups is 1. The number of ether oxygens (including phenoxy) is 2. The number of carbonyl (C=O) groups excluding carboxylic acids is 1. The molecule has 0 aromatic carbocycles. The van der Waals surface area contributed by atoms with E-state index in [1.807, 2.05) is 12.3 Å². The Morgan fingerprint density at radius 3 is 2.97 bits per heavy atom. The SMILES string of the molecule is CSC[C@H]1O[C@@H](n2cnc3c(N(C)C(=O)NCCOCC#N)ncnc32)[C@H](O)[C@@H]1O. The number of urea groups is 1. The number of anilines is 1. The van der Waals surface area contributed by atoms with Gasteiger partial charge in [-0.1, -0.05) is 0 Å². The van der Waals surface area contributed by atoms with E-state index in [0.717, 1.165) is 0 Å². The van der Waals surface area contributed by atoms with Crippen molar-refractivity contribution in [3.63, 3.8) is 0 Å². The van der Waals surface area contributed by atoms with Crippen LogP contribution in [0.3, 0.4) is 0 Å². The first kappa shape index (κ1) is 22.2. The first-order valence-corrected chi connectivity index (χ1v) is 10.5. The van der Waals surface area contributed by atoms with Crippen LogP contribution in [-0.4, -0.2) is 92.9 Å². The lowest BCUT2D eigenvalue weighted by Crippen LogP contribution is -2.39. The van der Waals surface area contributed by atoms with Gasteiger partial charge in [0.15, 0.2) is 23.2 Å². The Morgan fingerprint density at radius 1 is 1.43 bits per heavy atom. The number of fused-ring (bicyclic) bond motifs is 1. The summed E-state index contributed by atoms with van der Waals surface area (Å²) < 4.78 is 12.3. The van der Waals surface area contributed by atoms with Crippen molar-refractivity contribution in [3.8, 4) is 6.07 Å². The van der Waals surface area contributed by atoms with Crippen LogP contribution in [0.25, 0.3) is 11.2 Å². The topological polar surface area (TPSA) is 159 Å². The molecule has 3 rings (SSSR count). The van der Waals surface area contributed by atoms with Gasteiger partial charge in [-0.25, -0.2) is 19.7 Å². The number of nitrogens with one attached hydrogen (secondary N) is 1. The number of imidazole rings is 1. The summed E-state index contributed by atoms with van der Waals surface area (Å²) in [6, 6.07) is 1.42. The lowest BCUT2D eigenvalue weighted by molar-refractivity contribution is -0.0288.